The number of nitrogens with two attached hydrogens (primary N) is 1. The van der Waals surface area contributed by atoms with Crippen molar-refractivity contribution in [2.24, 2.45) is 5.73 Å². The minimum Gasteiger partial charge on any atom is -0.352 e. The molecular formula is C27H51N9O. The van der Waals surface area contributed by atoms with Gasteiger partial charge in [-0.25, -0.2) is 0 Å². The quantitative estimate of drug-likeness (QED) is 0.203. The summed E-state index contributed by atoms with van der Waals surface area (Å²) in [7, 11) is 0. The van der Waals surface area contributed by atoms with Crippen LogP contribution in [0.3, 0.4) is 0 Å². The first-order chi connectivity index (χ1) is 18.0. The lowest BCUT2D eigenvalue weighted by atomic mass is 9.97. The van der Waals surface area contributed by atoms with Crippen molar-refractivity contribution < 1.29 is 4.79 Å². The Morgan fingerprint density at radius 1 is 0.757 bits per heavy atom. The zero-order chi connectivity index (χ0) is 26.2. The van der Waals surface area contributed by atoms with Gasteiger partial charge in [0.15, 0.2) is 0 Å². The summed E-state index contributed by atoms with van der Waals surface area (Å²) >= 11 is 0. The minimum absolute atomic E-state index is 0.129. The fraction of sp³-hybridized carbons (Fsp3) is 0.741. The van der Waals surface area contributed by atoms with Crippen LogP contribution >= 0.6 is 0 Å². The number of unbranched alkanes of at least 4 members (excludes halogenated alkanes) is 1. The van der Waals surface area contributed by atoms with Crippen LogP contribution in [0.25, 0.3) is 0 Å². The third-order valence-electron chi connectivity index (χ3n) is 7.19. The van der Waals surface area contributed by atoms with Crippen LogP contribution in [0.5, 0.6) is 0 Å². The first kappa shape index (κ1) is 29.9. The Morgan fingerprint density at radius 3 is 1.65 bits per heavy atom. The van der Waals surface area contributed by atoms with E-state index in [1.165, 1.54) is 5.56 Å². The third kappa shape index (κ3) is 11.3. The highest BCUT2D eigenvalue weighted by molar-refractivity contribution is 5.75. The predicted molar refractivity (Wildman–Crippen MR) is 152 cm³/mol. The van der Waals surface area contributed by atoms with Crippen LogP contribution in [-0.2, 0) is 17.9 Å². The molecule has 1 aromatic carbocycles. The molecule has 0 aromatic heterocycles. The van der Waals surface area contributed by atoms with Gasteiger partial charge in [-0.1, -0.05) is 37.6 Å². The molecule has 3 heterocycles. The monoisotopic (exact) mass is 517 g/mol. The number of hydrogen-bond donors (Lipinski definition) is 9. The summed E-state index contributed by atoms with van der Waals surface area (Å²) in [5.74, 6) is 0.129. The van der Waals surface area contributed by atoms with Crippen molar-refractivity contribution in [2.75, 3.05) is 78.5 Å². The number of rotatable bonds is 8. The molecule has 210 valence electrons. The van der Waals surface area contributed by atoms with E-state index in [1.807, 2.05) is 0 Å². The van der Waals surface area contributed by atoms with Crippen molar-refractivity contribution in [1.82, 2.24) is 42.5 Å². The second-order valence-electron chi connectivity index (χ2n) is 10.8. The molecule has 37 heavy (non-hydrogen) atoms. The van der Waals surface area contributed by atoms with E-state index >= 15 is 0 Å². The van der Waals surface area contributed by atoms with E-state index in [9.17, 15) is 4.79 Å². The highest BCUT2D eigenvalue weighted by atomic mass is 16.1. The van der Waals surface area contributed by atoms with E-state index in [1.54, 1.807) is 0 Å². The summed E-state index contributed by atoms with van der Waals surface area (Å²) in [5, 5.41) is 28.6. The second-order valence-corrected chi connectivity index (χ2v) is 10.8. The summed E-state index contributed by atoms with van der Waals surface area (Å²) in [5.41, 5.74) is 8.61. The van der Waals surface area contributed by atoms with E-state index in [4.69, 9.17) is 5.73 Å². The predicted octanol–water partition coefficient (Wildman–Crippen LogP) is -1.42. The largest absolute Gasteiger partial charge is 0.352 e. The highest BCUT2D eigenvalue weighted by Crippen LogP contribution is 2.09. The number of carbonyl (C=O) groups is 1. The Bertz CT molecular complexity index is 730. The van der Waals surface area contributed by atoms with Crippen molar-refractivity contribution in [3.63, 3.8) is 0 Å². The lowest BCUT2D eigenvalue weighted by molar-refractivity contribution is -0.121. The Labute approximate surface area is 223 Å². The number of carbonyl (C=O) groups excluding carboxylic acids is 1. The normalized spacial score (nSPS) is 26.8. The van der Waals surface area contributed by atoms with E-state index in [2.05, 4.69) is 73.7 Å². The molecular weight excluding hydrogens is 466 g/mol. The van der Waals surface area contributed by atoms with Gasteiger partial charge in [-0.3, -0.25) is 4.79 Å². The fourth-order valence-corrected chi connectivity index (χ4v) is 4.78. The Hall–Kier alpha value is -1.63. The third-order valence-corrected chi connectivity index (χ3v) is 7.19. The standard InChI is InChI=1S/C27H51N9O/c1-2-3-4-25(37)35-15-23-5-7-24(8-6-23)16-36-27-20-32-12-9-29-17-26(28,18-30-10-13-33-21-27)19-31-11-14-34-22-27/h5-8,29-34,36H,2-4,9-22,28H2,1H3,(H,35,37). The molecule has 0 aliphatic carbocycles. The number of hydrogen-bond acceptors (Lipinski definition) is 9. The molecule has 10 N–H and O–H groups in total. The molecule has 10 nitrogen and oxygen atoms in total. The molecule has 0 spiro atoms. The van der Waals surface area contributed by atoms with Crippen LogP contribution in [0.2, 0.25) is 0 Å². The molecule has 0 radical (unpaired) electrons. The average molecular weight is 518 g/mol. The second kappa shape index (κ2) is 16.4. The molecule has 3 aliphatic rings. The number of benzene rings is 1. The molecule has 0 unspecified atom stereocenters. The fourth-order valence-electron chi connectivity index (χ4n) is 4.78. The molecule has 4 rings (SSSR count). The van der Waals surface area contributed by atoms with Crippen molar-refractivity contribution in [2.45, 2.75) is 50.4 Å². The van der Waals surface area contributed by atoms with Crippen molar-refractivity contribution >= 4 is 5.91 Å². The molecule has 3 aliphatic heterocycles. The summed E-state index contributed by atoms with van der Waals surface area (Å²) in [6.45, 7) is 13.7. The van der Waals surface area contributed by atoms with Gasteiger partial charge in [0.05, 0.1) is 11.1 Å². The van der Waals surface area contributed by atoms with Gasteiger partial charge in [0.25, 0.3) is 0 Å². The van der Waals surface area contributed by atoms with Crippen LogP contribution in [0, 0.1) is 0 Å². The lowest BCUT2D eigenvalue weighted by Crippen LogP contribution is -2.66. The lowest BCUT2D eigenvalue weighted by Gasteiger charge is -2.37. The number of fused-ring (bicyclic) bond motifs is 15. The molecule has 0 atom stereocenters. The zero-order valence-corrected chi connectivity index (χ0v) is 22.8. The topological polar surface area (TPSA) is 139 Å². The summed E-state index contributed by atoms with van der Waals surface area (Å²) < 4.78 is 0. The van der Waals surface area contributed by atoms with E-state index in [-0.39, 0.29) is 17.0 Å². The summed E-state index contributed by atoms with van der Waals surface area (Å²) in [4.78, 5) is 11.9. The van der Waals surface area contributed by atoms with Crippen molar-refractivity contribution in [3.8, 4) is 0 Å². The van der Waals surface area contributed by atoms with Gasteiger partial charge in [0.1, 0.15) is 0 Å². The minimum atomic E-state index is -0.310. The van der Waals surface area contributed by atoms with Crippen LogP contribution in [-0.4, -0.2) is 95.5 Å². The molecule has 3 saturated heterocycles. The maximum absolute atomic E-state index is 11.9. The first-order valence-corrected chi connectivity index (χ1v) is 14.2. The number of amides is 1. The van der Waals surface area contributed by atoms with Crippen LogP contribution in [0.15, 0.2) is 24.3 Å². The van der Waals surface area contributed by atoms with Crippen LogP contribution in [0.1, 0.15) is 37.3 Å². The van der Waals surface area contributed by atoms with Gasteiger partial charge in [0.2, 0.25) is 5.91 Å². The molecule has 10 heteroatoms. The maximum atomic E-state index is 11.9. The van der Waals surface area contributed by atoms with Gasteiger partial charge in [-0.15, -0.1) is 0 Å². The molecule has 0 saturated carbocycles. The number of nitrogens with one attached hydrogen (secondary N) is 8. The Kier molecular flexibility index (Phi) is 13.2. The van der Waals surface area contributed by atoms with Gasteiger partial charge in [0, 0.05) is 98.0 Å². The van der Waals surface area contributed by atoms with Crippen LogP contribution in [0.4, 0.5) is 0 Å². The van der Waals surface area contributed by atoms with Gasteiger partial charge in [-0.2, -0.15) is 0 Å². The van der Waals surface area contributed by atoms with Crippen molar-refractivity contribution in [3.05, 3.63) is 35.4 Å². The Balaban J connectivity index is 1.60. The maximum Gasteiger partial charge on any atom is 0.220 e. The summed E-state index contributed by atoms with van der Waals surface area (Å²) in [6, 6.07) is 8.55. The van der Waals surface area contributed by atoms with E-state index in [0.29, 0.717) is 13.0 Å². The molecule has 2 bridgehead atoms. The van der Waals surface area contributed by atoms with Gasteiger partial charge in [-0.05, 0) is 17.5 Å². The summed E-state index contributed by atoms with van der Waals surface area (Å²) in [6.07, 6.45) is 2.58. The zero-order valence-electron chi connectivity index (χ0n) is 22.8. The molecule has 3 fully saturated rings. The van der Waals surface area contributed by atoms with E-state index in [0.717, 1.165) is 103 Å². The smallest absolute Gasteiger partial charge is 0.220 e. The SMILES string of the molecule is CCCCC(=O)NCc1ccc(CNC23CNCCNCC(N)(CNCCNC2)CNCCNC3)cc1. The van der Waals surface area contributed by atoms with Crippen LogP contribution < -0.4 is 48.3 Å². The molecule has 1 amide bonds. The first-order valence-electron chi connectivity index (χ1n) is 14.2. The Morgan fingerprint density at radius 2 is 1.19 bits per heavy atom. The van der Waals surface area contributed by atoms with Gasteiger partial charge >= 0.3 is 0 Å². The molecule has 1 aromatic rings. The average Bonchev–Trinajstić information content (AvgIpc) is 2.91. The van der Waals surface area contributed by atoms with E-state index < -0.39 is 0 Å². The highest BCUT2D eigenvalue weighted by Gasteiger charge is 2.30. The van der Waals surface area contributed by atoms with Crippen molar-refractivity contribution in [1.29, 1.82) is 0 Å². The van der Waals surface area contributed by atoms with Gasteiger partial charge < -0.3 is 48.3 Å².